The number of aliphatic carboxylic acids is 1. The second kappa shape index (κ2) is 10.7. The van der Waals surface area contributed by atoms with Crippen LogP contribution in [0.3, 0.4) is 0 Å². The number of benzene rings is 1. The third-order valence-electron chi connectivity index (χ3n) is 2.38. The van der Waals surface area contributed by atoms with Crippen LogP contribution in [0.1, 0.15) is 36.0 Å². The van der Waals surface area contributed by atoms with Crippen molar-refractivity contribution in [3.63, 3.8) is 0 Å². The number of carbonyl (C=O) groups is 2. The molecule has 0 aliphatic heterocycles. The molecule has 0 aliphatic rings. The molecule has 0 saturated carbocycles. The van der Waals surface area contributed by atoms with Gasteiger partial charge < -0.3 is 15.2 Å². The molecule has 5 heteroatoms. The zero-order chi connectivity index (χ0) is 12.5. The minimum Gasteiger partial charge on any atom is -0.550 e. The Bertz CT molecular complexity index is 368. The van der Waals surface area contributed by atoms with Crippen molar-refractivity contribution in [2.45, 2.75) is 25.7 Å². The van der Waals surface area contributed by atoms with Gasteiger partial charge in [0.1, 0.15) is 0 Å². The van der Waals surface area contributed by atoms with Gasteiger partial charge in [-0.2, -0.15) is 0 Å². The minimum absolute atomic E-state index is 0. The van der Waals surface area contributed by atoms with Crippen molar-refractivity contribution < 1.29 is 66.1 Å². The quantitative estimate of drug-likeness (QED) is 0.450. The fourth-order valence-corrected chi connectivity index (χ4v) is 1.46. The maximum Gasteiger partial charge on any atom is 1.00 e. The van der Waals surface area contributed by atoms with Crippen molar-refractivity contribution in [2.75, 3.05) is 6.54 Å². The Balaban J connectivity index is 0.00000289. The van der Waals surface area contributed by atoms with E-state index >= 15 is 0 Å². The Kier molecular flexibility index (Phi) is 10.6. The van der Waals surface area contributed by atoms with E-state index in [4.69, 9.17) is 0 Å². The van der Waals surface area contributed by atoms with Crippen LogP contribution in [0.25, 0.3) is 0 Å². The van der Waals surface area contributed by atoms with E-state index in [9.17, 15) is 14.7 Å². The van der Waals surface area contributed by atoms with Gasteiger partial charge in [-0.1, -0.05) is 24.6 Å². The second-order valence-electron chi connectivity index (χ2n) is 3.80. The van der Waals surface area contributed by atoms with Crippen LogP contribution in [0.15, 0.2) is 30.3 Å². The van der Waals surface area contributed by atoms with E-state index < -0.39 is 5.97 Å². The zero-order valence-corrected chi connectivity index (χ0v) is 13.8. The third kappa shape index (κ3) is 8.00. The SMILES string of the molecule is O=C([O-])CCCCCNC(=O)c1ccccc1.[K+]. The van der Waals surface area contributed by atoms with Crippen LogP contribution in [0.5, 0.6) is 0 Å². The first-order chi connectivity index (χ1) is 8.20. The summed E-state index contributed by atoms with van der Waals surface area (Å²) in [7, 11) is 0. The molecule has 0 bridgehead atoms. The van der Waals surface area contributed by atoms with Crippen LogP contribution in [0, 0.1) is 0 Å². The molecule has 18 heavy (non-hydrogen) atoms. The Morgan fingerprint density at radius 2 is 1.72 bits per heavy atom. The number of rotatable bonds is 7. The summed E-state index contributed by atoms with van der Waals surface area (Å²) < 4.78 is 0. The molecular formula is C13H16KNO3. The standard InChI is InChI=1S/C13H17NO3.K/c15-12(16)9-5-2-6-10-14-13(17)11-7-3-1-4-8-11;/h1,3-4,7-8H,2,5-6,9-10H2,(H,14,17)(H,15,16);/q;+1/p-1. The summed E-state index contributed by atoms with van der Waals surface area (Å²) in [6.07, 6.45) is 2.26. The van der Waals surface area contributed by atoms with Crippen LogP contribution >= 0.6 is 0 Å². The molecule has 92 valence electrons. The van der Waals surface area contributed by atoms with E-state index in [0.717, 1.165) is 12.8 Å². The fourth-order valence-electron chi connectivity index (χ4n) is 1.46. The topological polar surface area (TPSA) is 69.2 Å². The van der Waals surface area contributed by atoms with Gasteiger partial charge in [-0.25, -0.2) is 0 Å². The Morgan fingerprint density at radius 1 is 1.06 bits per heavy atom. The van der Waals surface area contributed by atoms with Gasteiger partial charge in [-0.3, -0.25) is 4.79 Å². The van der Waals surface area contributed by atoms with Gasteiger partial charge >= 0.3 is 51.4 Å². The van der Waals surface area contributed by atoms with Crippen molar-refractivity contribution in [3.05, 3.63) is 35.9 Å². The summed E-state index contributed by atoms with van der Waals surface area (Å²) in [5.41, 5.74) is 0.641. The number of nitrogens with one attached hydrogen (secondary N) is 1. The van der Waals surface area contributed by atoms with Crippen LogP contribution in [0.2, 0.25) is 0 Å². The maximum atomic E-state index is 11.6. The van der Waals surface area contributed by atoms with Gasteiger partial charge in [0.05, 0.1) is 0 Å². The Morgan fingerprint density at radius 3 is 2.33 bits per heavy atom. The number of carboxylic acid groups (broad SMARTS) is 1. The smallest absolute Gasteiger partial charge is 0.550 e. The molecular weight excluding hydrogens is 257 g/mol. The van der Waals surface area contributed by atoms with Gasteiger partial charge in [-0.15, -0.1) is 0 Å². The molecule has 1 aromatic rings. The molecule has 0 atom stereocenters. The van der Waals surface area contributed by atoms with Crippen molar-refractivity contribution in [1.29, 1.82) is 0 Å². The maximum absolute atomic E-state index is 11.6. The molecule has 0 heterocycles. The van der Waals surface area contributed by atoms with Gasteiger partial charge in [0, 0.05) is 18.1 Å². The summed E-state index contributed by atoms with van der Waals surface area (Å²) in [5, 5.41) is 12.9. The number of hydrogen-bond acceptors (Lipinski definition) is 3. The minimum atomic E-state index is -1.02. The molecule has 0 spiro atoms. The summed E-state index contributed by atoms with van der Waals surface area (Å²) >= 11 is 0. The number of unbranched alkanes of at least 4 members (excludes halogenated alkanes) is 2. The van der Waals surface area contributed by atoms with E-state index in [2.05, 4.69) is 5.32 Å². The predicted octanol–water partition coefficient (Wildman–Crippen LogP) is -2.27. The van der Waals surface area contributed by atoms with E-state index in [1.54, 1.807) is 12.1 Å². The molecule has 0 aromatic heterocycles. The number of carbonyl (C=O) groups excluding carboxylic acids is 2. The first-order valence-electron chi connectivity index (χ1n) is 5.73. The average molecular weight is 273 g/mol. The number of hydrogen-bond donors (Lipinski definition) is 1. The molecule has 0 aliphatic carbocycles. The summed E-state index contributed by atoms with van der Waals surface area (Å²) in [6.45, 7) is 0.570. The van der Waals surface area contributed by atoms with Crippen molar-refractivity contribution in [1.82, 2.24) is 5.32 Å². The molecule has 1 aromatic carbocycles. The predicted molar refractivity (Wildman–Crippen MR) is 62.3 cm³/mol. The summed E-state index contributed by atoms with van der Waals surface area (Å²) in [5.74, 6) is -1.11. The first kappa shape index (κ1) is 17.8. The Labute approximate surface area is 150 Å². The third-order valence-corrected chi connectivity index (χ3v) is 2.38. The molecule has 0 fully saturated rings. The van der Waals surface area contributed by atoms with Crippen molar-refractivity contribution >= 4 is 11.9 Å². The van der Waals surface area contributed by atoms with Crippen LogP contribution in [0.4, 0.5) is 0 Å². The number of amides is 1. The second-order valence-corrected chi connectivity index (χ2v) is 3.80. The fraction of sp³-hybridized carbons (Fsp3) is 0.385. The van der Waals surface area contributed by atoms with E-state index in [-0.39, 0.29) is 63.7 Å². The van der Waals surface area contributed by atoms with Gasteiger partial charge in [0.25, 0.3) is 5.91 Å². The summed E-state index contributed by atoms with van der Waals surface area (Å²) in [4.78, 5) is 21.7. The first-order valence-corrected chi connectivity index (χ1v) is 5.73. The van der Waals surface area contributed by atoms with Gasteiger partial charge in [0.15, 0.2) is 0 Å². The molecule has 1 amide bonds. The van der Waals surface area contributed by atoms with Crippen molar-refractivity contribution in [3.8, 4) is 0 Å². The molecule has 0 saturated heterocycles. The normalized spacial score (nSPS) is 9.33. The molecule has 0 unspecified atom stereocenters. The summed E-state index contributed by atoms with van der Waals surface area (Å²) in [6, 6.07) is 9.00. The van der Waals surface area contributed by atoms with Crippen LogP contribution in [-0.2, 0) is 4.79 Å². The molecule has 1 rings (SSSR count). The van der Waals surface area contributed by atoms with E-state index in [0.29, 0.717) is 18.5 Å². The number of carboxylic acids is 1. The Hall–Kier alpha value is -0.204. The van der Waals surface area contributed by atoms with Gasteiger partial charge in [-0.05, 0) is 31.4 Å². The van der Waals surface area contributed by atoms with Crippen LogP contribution in [-0.4, -0.2) is 18.4 Å². The van der Waals surface area contributed by atoms with Crippen molar-refractivity contribution in [2.24, 2.45) is 0 Å². The average Bonchev–Trinajstić information content (AvgIpc) is 2.34. The zero-order valence-electron chi connectivity index (χ0n) is 10.6. The molecule has 4 nitrogen and oxygen atoms in total. The largest absolute Gasteiger partial charge is 1.00 e. The van der Waals surface area contributed by atoms with E-state index in [1.807, 2.05) is 18.2 Å². The van der Waals surface area contributed by atoms with E-state index in [1.165, 1.54) is 0 Å². The van der Waals surface area contributed by atoms with Crippen LogP contribution < -0.4 is 61.8 Å². The molecule has 0 radical (unpaired) electrons. The molecule has 1 N–H and O–H groups in total. The van der Waals surface area contributed by atoms with Gasteiger partial charge in [0.2, 0.25) is 0 Å². The monoisotopic (exact) mass is 273 g/mol.